The molecule has 0 saturated heterocycles. The zero-order valence-corrected chi connectivity index (χ0v) is 11.6. The third-order valence-corrected chi connectivity index (χ3v) is 4.14. The first kappa shape index (κ1) is 15.3. The first-order valence-electron chi connectivity index (χ1n) is 5.52. The third kappa shape index (κ3) is 4.42. The monoisotopic (exact) mass is 287 g/mol. The van der Waals surface area contributed by atoms with E-state index in [0.29, 0.717) is 6.54 Å². The number of hydrogen-bond donors (Lipinski definition) is 2. The van der Waals surface area contributed by atoms with E-state index in [0.717, 1.165) is 9.99 Å². The second-order valence-electron chi connectivity index (χ2n) is 3.91. The largest absolute Gasteiger partial charge is 0.448 e. The average Bonchev–Trinajstić information content (AvgIpc) is 2.35. The highest BCUT2D eigenvalue weighted by Gasteiger charge is 2.16. The lowest BCUT2D eigenvalue weighted by atomic mass is 10.3. The van der Waals surface area contributed by atoms with Crippen molar-refractivity contribution < 1.29 is 17.9 Å². The Kier molecular flexibility index (Phi) is 5.13. The summed E-state index contributed by atoms with van der Waals surface area (Å²) in [7, 11) is -0.461. The molecule has 0 atom stereocenters. The molecule has 0 radical (unpaired) electrons. The molecule has 19 heavy (non-hydrogen) atoms. The van der Waals surface area contributed by atoms with Crippen LogP contribution in [0.3, 0.4) is 0 Å². The van der Waals surface area contributed by atoms with Gasteiger partial charge >= 0.3 is 6.09 Å². The molecular weight excluding hydrogens is 270 g/mol. The maximum absolute atomic E-state index is 11.8. The minimum atomic E-state index is -3.41. The Labute approximate surface area is 112 Å². The van der Waals surface area contributed by atoms with Crippen molar-refractivity contribution in [2.75, 3.05) is 32.6 Å². The summed E-state index contributed by atoms with van der Waals surface area (Å²) in [5.74, 6) is 0. The molecule has 3 N–H and O–H groups in total. The highest BCUT2D eigenvalue weighted by atomic mass is 32.2. The molecule has 0 spiro atoms. The molecule has 7 nitrogen and oxygen atoms in total. The van der Waals surface area contributed by atoms with E-state index in [1.165, 1.54) is 26.2 Å². The van der Waals surface area contributed by atoms with Crippen molar-refractivity contribution >= 4 is 21.8 Å². The maximum atomic E-state index is 11.8. The van der Waals surface area contributed by atoms with Crippen LogP contribution in [-0.4, -0.2) is 46.1 Å². The van der Waals surface area contributed by atoms with E-state index in [4.69, 9.17) is 5.73 Å². The predicted molar refractivity (Wildman–Crippen MR) is 71.3 cm³/mol. The molecule has 1 rings (SSSR count). The SMILES string of the molecule is CN(C)S(=O)(=O)c1ccc(NCCOC(N)=O)cc1. The summed E-state index contributed by atoms with van der Waals surface area (Å²) in [6, 6.07) is 6.29. The van der Waals surface area contributed by atoms with E-state index >= 15 is 0 Å². The number of primary amides is 1. The predicted octanol–water partition coefficient (Wildman–Crippen LogP) is 0.444. The van der Waals surface area contributed by atoms with Crippen LogP contribution in [0, 0.1) is 0 Å². The lowest BCUT2D eigenvalue weighted by molar-refractivity contribution is 0.161. The van der Waals surface area contributed by atoms with Crippen LogP contribution in [0.4, 0.5) is 10.5 Å². The number of sulfonamides is 1. The molecule has 0 unspecified atom stereocenters. The Bertz CT molecular complexity index is 525. The maximum Gasteiger partial charge on any atom is 0.404 e. The second-order valence-corrected chi connectivity index (χ2v) is 6.06. The van der Waals surface area contributed by atoms with Crippen molar-refractivity contribution in [3.8, 4) is 0 Å². The molecule has 0 bridgehead atoms. The summed E-state index contributed by atoms with van der Waals surface area (Å²) in [5, 5.41) is 2.97. The van der Waals surface area contributed by atoms with Crippen LogP contribution in [0.15, 0.2) is 29.2 Å². The third-order valence-electron chi connectivity index (χ3n) is 2.31. The molecule has 0 saturated carbocycles. The normalized spacial score (nSPS) is 11.3. The van der Waals surface area contributed by atoms with Gasteiger partial charge < -0.3 is 15.8 Å². The van der Waals surface area contributed by atoms with Gasteiger partial charge in [-0.2, -0.15) is 0 Å². The van der Waals surface area contributed by atoms with Crippen LogP contribution in [-0.2, 0) is 14.8 Å². The Morgan fingerprint density at radius 3 is 2.37 bits per heavy atom. The molecule has 0 aliphatic rings. The first-order valence-corrected chi connectivity index (χ1v) is 6.97. The van der Waals surface area contributed by atoms with Crippen molar-refractivity contribution in [1.82, 2.24) is 4.31 Å². The summed E-state index contributed by atoms with van der Waals surface area (Å²) in [6.07, 6.45) is -0.825. The van der Waals surface area contributed by atoms with Gasteiger partial charge in [0.25, 0.3) is 0 Å². The Hall–Kier alpha value is -1.80. The molecule has 0 fully saturated rings. The van der Waals surface area contributed by atoms with Gasteiger partial charge in [0.2, 0.25) is 10.0 Å². The molecule has 1 aromatic rings. The van der Waals surface area contributed by atoms with Crippen molar-refractivity contribution in [2.24, 2.45) is 5.73 Å². The number of hydrogen-bond acceptors (Lipinski definition) is 5. The van der Waals surface area contributed by atoms with E-state index in [1.54, 1.807) is 12.1 Å². The van der Waals surface area contributed by atoms with Crippen LogP contribution in [0.1, 0.15) is 0 Å². The molecule has 0 aliphatic carbocycles. The fourth-order valence-corrected chi connectivity index (χ4v) is 2.20. The van der Waals surface area contributed by atoms with E-state index in [9.17, 15) is 13.2 Å². The molecule has 0 heterocycles. The number of nitrogens with two attached hydrogens (primary N) is 1. The molecule has 0 aliphatic heterocycles. The van der Waals surface area contributed by atoms with Gasteiger partial charge in [-0.3, -0.25) is 0 Å². The lowest BCUT2D eigenvalue weighted by Gasteiger charge is -2.12. The molecule has 106 valence electrons. The minimum Gasteiger partial charge on any atom is -0.448 e. The summed E-state index contributed by atoms with van der Waals surface area (Å²) in [5.41, 5.74) is 5.54. The van der Waals surface area contributed by atoms with Gasteiger partial charge in [-0.15, -0.1) is 0 Å². The first-order chi connectivity index (χ1) is 8.84. The molecule has 1 amide bonds. The van der Waals surface area contributed by atoms with Gasteiger partial charge in [-0.05, 0) is 24.3 Å². The van der Waals surface area contributed by atoms with Gasteiger partial charge in [0.1, 0.15) is 6.61 Å². The summed E-state index contributed by atoms with van der Waals surface area (Å²) in [6.45, 7) is 0.537. The Balaban J connectivity index is 2.60. The van der Waals surface area contributed by atoms with Gasteiger partial charge in [-0.1, -0.05) is 0 Å². The van der Waals surface area contributed by atoms with Gasteiger partial charge in [0.05, 0.1) is 4.90 Å². The highest BCUT2D eigenvalue weighted by Crippen LogP contribution is 2.16. The van der Waals surface area contributed by atoms with Crippen LogP contribution < -0.4 is 11.1 Å². The average molecular weight is 287 g/mol. The molecular formula is C11H17N3O4S. The lowest BCUT2D eigenvalue weighted by Crippen LogP contribution is -2.22. The number of ether oxygens (including phenoxy) is 1. The van der Waals surface area contributed by atoms with Crippen LogP contribution in [0.5, 0.6) is 0 Å². The second kappa shape index (κ2) is 6.39. The molecule has 8 heteroatoms. The summed E-state index contributed by atoms with van der Waals surface area (Å²) in [4.78, 5) is 10.5. The summed E-state index contributed by atoms with van der Waals surface area (Å²) < 4.78 is 29.3. The number of anilines is 1. The van der Waals surface area contributed by atoms with Gasteiger partial charge in [0, 0.05) is 26.3 Å². The zero-order valence-electron chi connectivity index (χ0n) is 10.8. The highest BCUT2D eigenvalue weighted by molar-refractivity contribution is 7.89. The van der Waals surface area contributed by atoms with Crippen molar-refractivity contribution in [1.29, 1.82) is 0 Å². The molecule has 0 aromatic heterocycles. The van der Waals surface area contributed by atoms with Crippen molar-refractivity contribution in [2.45, 2.75) is 4.90 Å². The van der Waals surface area contributed by atoms with E-state index in [2.05, 4.69) is 10.1 Å². The Morgan fingerprint density at radius 2 is 1.89 bits per heavy atom. The van der Waals surface area contributed by atoms with E-state index < -0.39 is 16.1 Å². The number of amides is 1. The topological polar surface area (TPSA) is 102 Å². The Morgan fingerprint density at radius 1 is 1.32 bits per heavy atom. The van der Waals surface area contributed by atoms with Gasteiger partial charge in [0.15, 0.2) is 0 Å². The fourth-order valence-electron chi connectivity index (χ4n) is 1.30. The fraction of sp³-hybridized carbons (Fsp3) is 0.364. The molecule has 1 aromatic carbocycles. The number of nitrogens with zero attached hydrogens (tertiary/aromatic N) is 1. The minimum absolute atomic E-state index is 0.146. The number of carbonyl (C=O) groups is 1. The zero-order chi connectivity index (χ0) is 14.5. The standard InChI is InChI=1S/C11H17N3O4S/c1-14(2)19(16,17)10-5-3-9(4-6-10)13-7-8-18-11(12)15/h3-6,13H,7-8H2,1-2H3,(H2,12,15). The smallest absolute Gasteiger partial charge is 0.404 e. The van der Waals surface area contributed by atoms with Crippen LogP contribution in [0.25, 0.3) is 0 Å². The van der Waals surface area contributed by atoms with Gasteiger partial charge in [-0.25, -0.2) is 17.5 Å². The number of rotatable bonds is 6. The van der Waals surface area contributed by atoms with E-state index in [-0.39, 0.29) is 11.5 Å². The van der Waals surface area contributed by atoms with Crippen molar-refractivity contribution in [3.63, 3.8) is 0 Å². The van der Waals surface area contributed by atoms with Crippen LogP contribution in [0.2, 0.25) is 0 Å². The van der Waals surface area contributed by atoms with E-state index in [1.807, 2.05) is 0 Å². The summed E-state index contributed by atoms with van der Waals surface area (Å²) >= 11 is 0. The van der Waals surface area contributed by atoms with Crippen LogP contribution >= 0.6 is 0 Å². The number of nitrogens with one attached hydrogen (secondary N) is 1. The quantitative estimate of drug-likeness (QED) is 0.739. The number of carbonyl (C=O) groups excluding carboxylic acids is 1. The van der Waals surface area contributed by atoms with Crippen molar-refractivity contribution in [3.05, 3.63) is 24.3 Å². The number of benzene rings is 1.